The highest BCUT2D eigenvalue weighted by Gasteiger charge is 2.15. The monoisotopic (exact) mass is 364 g/mol. The molecule has 0 aliphatic carbocycles. The molecule has 6 heteroatoms. The molecule has 2 aromatic carbocycles. The van der Waals surface area contributed by atoms with Gasteiger partial charge >= 0.3 is 0 Å². The zero-order chi connectivity index (χ0) is 19.0. The van der Waals surface area contributed by atoms with Gasteiger partial charge in [0.2, 0.25) is 0 Å². The number of aromatic nitrogens is 3. The average molecular weight is 364 g/mol. The van der Waals surface area contributed by atoms with Crippen molar-refractivity contribution in [2.24, 2.45) is 0 Å². The first-order valence-electron chi connectivity index (χ1n) is 8.63. The van der Waals surface area contributed by atoms with Gasteiger partial charge in [-0.25, -0.2) is 13.5 Å². The van der Waals surface area contributed by atoms with Crippen molar-refractivity contribution in [3.63, 3.8) is 0 Å². The highest BCUT2D eigenvalue weighted by atomic mass is 19.1. The molecular weight excluding hydrogens is 346 g/mol. The SMILES string of the molecule is Cc1nn(-c2ccccc2)c(C)c1CNc1ccnc2c(F)ccc(F)c12. The second-order valence-electron chi connectivity index (χ2n) is 6.36. The summed E-state index contributed by atoms with van der Waals surface area (Å²) in [5.41, 5.74) is 4.40. The number of pyridine rings is 1. The van der Waals surface area contributed by atoms with Gasteiger partial charge in [0.05, 0.1) is 16.8 Å². The van der Waals surface area contributed by atoms with Crippen molar-refractivity contribution < 1.29 is 8.78 Å². The van der Waals surface area contributed by atoms with Crippen LogP contribution in [-0.2, 0) is 6.54 Å². The van der Waals surface area contributed by atoms with E-state index >= 15 is 0 Å². The van der Waals surface area contributed by atoms with Crippen molar-refractivity contribution in [3.05, 3.63) is 83.3 Å². The summed E-state index contributed by atoms with van der Waals surface area (Å²) in [7, 11) is 0. The Morgan fingerprint density at radius 1 is 0.963 bits per heavy atom. The maximum atomic E-state index is 14.3. The Morgan fingerprint density at radius 3 is 2.48 bits per heavy atom. The van der Waals surface area contributed by atoms with Gasteiger partial charge in [-0.15, -0.1) is 0 Å². The van der Waals surface area contributed by atoms with E-state index in [1.54, 1.807) is 6.07 Å². The third-order valence-electron chi connectivity index (χ3n) is 4.69. The van der Waals surface area contributed by atoms with Crippen molar-refractivity contribution >= 4 is 16.6 Å². The van der Waals surface area contributed by atoms with Crippen LogP contribution in [0.4, 0.5) is 14.5 Å². The number of hydrogen-bond donors (Lipinski definition) is 1. The van der Waals surface area contributed by atoms with Crippen molar-refractivity contribution in [1.82, 2.24) is 14.8 Å². The van der Waals surface area contributed by atoms with Crippen LogP contribution < -0.4 is 5.32 Å². The zero-order valence-corrected chi connectivity index (χ0v) is 15.0. The number of hydrogen-bond acceptors (Lipinski definition) is 3. The van der Waals surface area contributed by atoms with Gasteiger partial charge in [0, 0.05) is 29.7 Å². The predicted molar refractivity (Wildman–Crippen MR) is 102 cm³/mol. The molecule has 2 heterocycles. The molecule has 27 heavy (non-hydrogen) atoms. The first-order valence-corrected chi connectivity index (χ1v) is 8.63. The quantitative estimate of drug-likeness (QED) is 0.558. The number of rotatable bonds is 4. The van der Waals surface area contributed by atoms with Crippen molar-refractivity contribution in [2.75, 3.05) is 5.32 Å². The van der Waals surface area contributed by atoms with Crippen LogP contribution in [0.1, 0.15) is 17.0 Å². The summed E-state index contributed by atoms with van der Waals surface area (Å²) in [5, 5.41) is 7.99. The van der Waals surface area contributed by atoms with Crippen LogP contribution in [-0.4, -0.2) is 14.8 Å². The van der Waals surface area contributed by atoms with E-state index in [1.165, 1.54) is 6.20 Å². The fourth-order valence-corrected chi connectivity index (χ4v) is 3.28. The summed E-state index contributed by atoms with van der Waals surface area (Å²) in [6, 6.07) is 13.7. The number of fused-ring (bicyclic) bond motifs is 1. The molecule has 0 saturated heterocycles. The minimum atomic E-state index is -0.542. The van der Waals surface area contributed by atoms with Crippen LogP contribution in [0.5, 0.6) is 0 Å². The van der Waals surface area contributed by atoms with Gasteiger partial charge in [-0.05, 0) is 44.2 Å². The molecule has 0 aliphatic rings. The maximum absolute atomic E-state index is 14.3. The molecule has 0 aliphatic heterocycles. The van der Waals surface area contributed by atoms with Crippen LogP contribution in [0.3, 0.4) is 0 Å². The number of halogens is 2. The lowest BCUT2D eigenvalue weighted by Gasteiger charge is -2.11. The van der Waals surface area contributed by atoms with Crippen LogP contribution in [0.15, 0.2) is 54.7 Å². The summed E-state index contributed by atoms with van der Waals surface area (Å²) in [6.45, 7) is 4.38. The van der Waals surface area contributed by atoms with Gasteiger partial charge in [-0.3, -0.25) is 4.98 Å². The molecule has 0 bridgehead atoms. The lowest BCUT2D eigenvalue weighted by molar-refractivity contribution is 0.615. The second kappa shape index (κ2) is 6.79. The van der Waals surface area contributed by atoms with Gasteiger partial charge < -0.3 is 5.32 Å². The molecule has 136 valence electrons. The zero-order valence-electron chi connectivity index (χ0n) is 15.0. The van der Waals surface area contributed by atoms with Crippen LogP contribution in [0.25, 0.3) is 16.6 Å². The van der Waals surface area contributed by atoms with E-state index in [2.05, 4.69) is 15.4 Å². The molecule has 0 amide bonds. The first-order chi connectivity index (χ1) is 13.1. The van der Waals surface area contributed by atoms with Gasteiger partial charge in [-0.1, -0.05) is 18.2 Å². The molecule has 0 fully saturated rings. The lowest BCUT2D eigenvalue weighted by Crippen LogP contribution is -2.04. The molecule has 4 rings (SSSR count). The van der Waals surface area contributed by atoms with Crippen molar-refractivity contribution in [1.29, 1.82) is 0 Å². The highest BCUT2D eigenvalue weighted by Crippen LogP contribution is 2.27. The molecule has 0 atom stereocenters. The summed E-state index contributed by atoms with van der Waals surface area (Å²) in [6.07, 6.45) is 1.47. The topological polar surface area (TPSA) is 42.7 Å². The Hall–Kier alpha value is -3.28. The van der Waals surface area contributed by atoms with Gasteiger partial charge in [0.1, 0.15) is 17.2 Å². The molecule has 1 N–H and O–H groups in total. The van der Waals surface area contributed by atoms with E-state index in [-0.39, 0.29) is 10.9 Å². The van der Waals surface area contributed by atoms with E-state index in [1.807, 2.05) is 48.9 Å². The number of para-hydroxylation sites is 1. The Labute approximate surface area is 155 Å². The van der Waals surface area contributed by atoms with Gasteiger partial charge in [-0.2, -0.15) is 5.10 Å². The fraction of sp³-hybridized carbons (Fsp3) is 0.143. The summed E-state index contributed by atoms with van der Waals surface area (Å²) in [4.78, 5) is 3.96. The van der Waals surface area contributed by atoms with E-state index in [9.17, 15) is 8.78 Å². The van der Waals surface area contributed by atoms with E-state index < -0.39 is 11.6 Å². The average Bonchev–Trinajstić information content (AvgIpc) is 2.97. The molecule has 0 unspecified atom stereocenters. The standard InChI is InChI=1S/C21H18F2N4/c1-13-16(14(2)27(26-13)15-6-4-3-5-7-15)12-25-19-10-11-24-21-18(23)9-8-17(22)20(19)21/h3-11H,12H2,1-2H3,(H,24,25). The Bertz CT molecular complexity index is 1120. The van der Waals surface area contributed by atoms with Gasteiger partial charge in [0.25, 0.3) is 0 Å². The second-order valence-corrected chi connectivity index (χ2v) is 6.36. The minimum Gasteiger partial charge on any atom is -0.380 e. The molecular formula is C21H18F2N4. The first kappa shape index (κ1) is 17.1. The van der Waals surface area contributed by atoms with Gasteiger partial charge in [0.15, 0.2) is 0 Å². The highest BCUT2D eigenvalue weighted by molar-refractivity contribution is 5.91. The normalized spacial score (nSPS) is 11.1. The van der Waals surface area contributed by atoms with E-state index in [4.69, 9.17) is 0 Å². The lowest BCUT2D eigenvalue weighted by atomic mass is 10.1. The summed E-state index contributed by atoms with van der Waals surface area (Å²) >= 11 is 0. The number of aryl methyl sites for hydroxylation is 1. The number of nitrogens with one attached hydrogen (secondary N) is 1. The Morgan fingerprint density at radius 2 is 1.70 bits per heavy atom. The Balaban J connectivity index is 1.69. The number of nitrogens with zero attached hydrogens (tertiary/aromatic N) is 3. The molecule has 4 aromatic rings. The van der Waals surface area contributed by atoms with Crippen LogP contribution in [0, 0.1) is 25.5 Å². The Kier molecular flexibility index (Phi) is 4.32. The van der Waals surface area contributed by atoms with Crippen LogP contribution >= 0.6 is 0 Å². The summed E-state index contributed by atoms with van der Waals surface area (Å²) in [5.74, 6) is -1.05. The number of anilines is 1. The van der Waals surface area contributed by atoms with Crippen LogP contribution in [0.2, 0.25) is 0 Å². The summed E-state index contributed by atoms with van der Waals surface area (Å²) < 4.78 is 30.1. The predicted octanol–water partition coefficient (Wildman–Crippen LogP) is 4.93. The molecule has 0 radical (unpaired) electrons. The van der Waals surface area contributed by atoms with Crippen molar-refractivity contribution in [3.8, 4) is 5.69 Å². The molecule has 2 aromatic heterocycles. The smallest absolute Gasteiger partial charge is 0.149 e. The molecule has 4 nitrogen and oxygen atoms in total. The molecule has 0 saturated carbocycles. The third kappa shape index (κ3) is 3.03. The number of benzene rings is 2. The fourth-order valence-electron chi connectivity index (χ4n) is 3.28. The van der Waals surface area contributed by atoms with Crippen molar-refractivity contribution in [2.45, 2.75) is 20.4 Å². The van der Waals surface area contributed by atoms with E-state index in [0.717, 1.165) is 34.8 Å². The molecule has 0 spiro atoms. The minimum absolute atomic E-state index is 0.0217. The largest absolute Gasteiger partial charge is 0.380 e. The maximum Gasteiger partial charge on any atom is 0.149 e. The third-order valence-corrected chi connectivity index (χ3v) is 4.69. The van der Waals surface area contributed by atoms with E-state index in [0.29, 0.717) is 12.2 Å².